The number of hydrogen-bond acceptors (Lipinski definition) is 2. The van der Waals surface area contributed by atoms with Crippen LogP contribution in [0.25, 0.3) is 0 Å². The van der Waals surface area contributed by atoms with Crippen LogP contribution in [0.4, 0.5) is 0 Å². The van der Waals surface area contributed by atoms with Gasteiger partial charge in [0.1, 0.15) is 6.04 Å². The summed E-state index contributed by atoms with van der Waals surface area (Å²) in [6.45, 7) is 3.58. The average Bonchev–Trinajstić information content (AvgIpc) is 2.56. The van der Waals surface area contributed by atoms with E-state index in [1.165, 1.54) is 0 Å². The highest BCUT2D eigenvalue weighted by atomic mass is 79.9. The Morgan fingerprint density at radius 3 is 2.13 bits per heavy atom. The Balaban J connectivity index is 1.92. The van der Waals surface area contributed by atoms with Crippen LogP contribution in [0.15, 0.2) is 59.1 Å². The first-order chi connectivity index (χ1) is 11.0. The minimum Gasteiger partial charge on any atom is -0.348 e. The lowest BCUT2D eigenvalue weighted by Crippen LogP contribution is -2.45. The van der Waals surface area contributed by atoms with Crippen molar-refractivity contribution in [1.29, 1.82) is 0 Å². The smallest absolute Gasteiger partial charge is 0.251 e. The molecule has 23 heavy (non-hydrogen) atoms. The van der Waals surface area contributed by atoms with Crippen LogP contribution in [-0.2, 0) is 4.79 Å². The number of halogens is 1. The molecule has 0 radical (unpaired) electrons. The minimum absolute atomic E-state index is 0.133. The first-order valence-electron chi connectivity index (χ1n) is 7.39. The molecule has 0 bridgehead atoms. The van der Waals surface area contributed by atoms with Gasteiger partial charge in [0.2, 0.25) is 5.91 Å². The first-order valence-corrected chi connectivity index (χ1v) is 8.18. The van der Waals surface area contributed by atoms with E-state index >= 15 is 0 Å². The molecule has 2 aromatic rings. The van der Waals surface area contributed by atoms with Gasteiger partial charge >= 0.3 is 0 Å². The zero-order chi connectivity index (χ0) is 16.8. The summed E-state index contributed by atoms with van der Waals surface area (Å²) in [5.74, 6) is -0.478. The van der Waals surface area contributed by atoms with Crippen LogP contribution < -0.4 is 10.6 Å². The topological polar surface area (TPSA) is 58.2 Å². The fourth-order valence-electron chi connectivity index (χ4n) is 2.11. The van der Waals surface area contributed by atoms with Crippen LogP contribution in [-0.4, -0.2) is 17.9 Å². The van der Waals surface area contributed by atoms with Crippen LogP contribution >= 0.6 is 15.9 Å². The number of carbonyl (C=O) groups is 2. The monoisotopic (exact) mass is 374 g/mol. The maximum Gasteiger partial charge on any atom is 0.251 e. The molecule has 0 aliphatic rings. The van der Waals surface area contributed by atoms with Gasteiger partial charge in [-0.15, -0.1) is 0 Å². The van der Waals surface area contributed by atoms with E-state index in [-0.39, 0.29) is 17.9 Å². The maximum absolute atomic E-state index is 12.2. The molecule has 0 heterocycles. The van der Waals surface area contributed by atoms with E-state index in [0.29, 0.717) is 5.56 Å². The summed E-state index contributed by atoms with van der Waals surface area (Å²) in [6, 6.07) is 15.8. The van der Waals surface area contributed by atoms with Crippen molar-refractivity contribution >= 4 is 27.7 Å². The minimum atomic E-state index is -0.611. The van der Waals surface area contributed by atoms with E-state index in [1.807, 2.05) is 37.3 Å². The number of nitrogens with one attached hydrogen (secondary N) is 2. The number of carbonyl (C=O) groups excluding carboxylic acids is 2. The molecule has 5 heteroatoms. The summed E-state index contributed by atoms with van der Waals surface area (Å²) in [5, 5.41) is 5.61. The molecular formula is C18H19BrN2O2. The molecule has 0 aliphatic carbocycles. The summed E-state index contributed by atoms with van der Waals surface area (Å²) >= 11 is 3.38. The largest absolute Gasteiger partial charge is 0.348 e. The number of rotatable bonds is 5. The van der Waals surface area contributed by atoms with E-state index < -0.39 is 6.04 Å². The molecule has 2 amide bonds. The lowest BCUT2D eigenvalue weighted by Gasteiger charge is -2.19. The molecule has 120 valence electrons. The third-order valence-electron chi connectivity index (χ3n) is 3.51. The maximum atomic E-state index is 12.2. The Labute approximate surface area is 144 Å². The lowest BCUT2D eigenvalue weighted by molar-refractivity contribution is -0.123. The van der Waals surface area contributed by atoms with E-state index in [4.69, 9.17) is 0 Å². The molecule has 2 rings (SSSR count). The quantitative estimate of drug-likeness (QED) is 0.841. The van der Waals surface area contributed by atoms with Crippen LogP contribution in [0.3, 0.4) is 0 Å². The van der Waals surface area contributed by atoms with E-state index in [2.05, 4.69) is 26.6 Å². The molecule has 0 saturated carbocycles. The third-order valence-corrected chi connectivity index (χ3v) is 4.03. The highest BCUT2D eigenvalue weighted by Gasteiger charge is 2.18. The van der Waals surface area contributed by atoms with Crippen LogP contribution in [0, 0.1) is 0 Å². The van der Waals surface area contributed by atoms with Gasteiger partial charge in [-0.05, 0) is 43.7 Å². The molecule has 0 spiro atoms. The molecule has 0 saturated heterocycles. The van der Waals surface area contributed by atoms with Gasteiger partial charge in [-0.25, -0.2) is 0 Å². The second-order valence-corrected chi connectivity index (χ2v) is 6.26. The van der Waals surface area contributed by atoms with Gasteiger partial charge in [-0.1, -0.05) is 46.3 Å². The van der Waals surface area contributed by atoms with Gasteiger partial charge in [0, 0.05) is 10.0 Å². The fourth-order valence-corrected chi connectivity index (χ4v) is 2.37. The fraction of sp³-hybridized carbons (Fsp3) is 0.222. The second kappa shape index (κ2) is 7.92. The molecular weight excluding hydrogens is 356 g/mol. The molecule has 0 aromatic heterocycles. The second-order valence-electron chi connectivity index (χ2n) is 5.34. The van der Waals surface area contributed by atoms with Crippen molar-refractivity contribution in [3.05, 3.63) is 70.2 Å². The van der Waals surface area contributed by atoms with Crippen molar-refractivity contribution in [1.82, 2.24) is 10.6 Å². The molecule has 2 atom stereocenters. The number of hydrogen-bond donors (Lipinski definition) is 2. The van der Waals surface area contributed by atoms with E-state index in [1.54, 1.807) is 31.2 Å². The molecule has 2 unspecified atom stereocenters. The Morgan fingerprint density at radius 2 is 1.52 bits per heavy atom. The van der Waals surface area contributed by atoms with Gasteiger partial charge in [-0.2, -0.15) is 0 Å². The van der Waals surface area contributed by atoms with Gasteiger partial charge in [-0.3, -0.25) is 9.59 Å². The standard InChI is InChI=1S/C18H19BrN2O2/c1-12(14-8-10-16(19)11-9-14)20-17(22)13(2)21-18(23)15-6-4-3-5-7-15/h3-13H,1-2H3,(H,20,22)(H,21,23). The predicted molar refractivity (Wildman–Crippen MR) is 94.1 cm³/mol. The molecule has 2 N–H and O–H groups in total. The predicted octanol–water partition coefficient (Wildman–Crippen LogP) is 3.44. The van der Waals surface area contributed by atoms with Crippen molar-refractivity contribution in [2.24, 2.45) is 0 Å². The van der Waals surface area contributed by atoms with Crippen molar-refractivity contribution < 1.29 is 9.59 Å². The van der Waals surface area contributed by atoms with Gasteiger partial charge < -0.3 is 10.6 Å². The average molecular weight is 375 g/mol. The van der Waals surface area contributed by atoms with E-state index in [0.717, 1.165) is 10.0 Å². The molecule has 2 aromatic carbocycles. The van der Waals surface area contributed by atoms with Crippen molar-refractivity contribution in [3.63, 3.8) is 0 Å². The summed E-state index contributed by atoms with van der Waals surface area (Å²) in [6.07, 6.45) is 0. The summed E-state index contributed by atoms with van der Waals surface area (Å²) in [7, 11) is 0. The summed E-state index contributed by atoms with van der Waals surface area (Å²) < 4.78 is 0.989. The molecule has 0 aliphatic heterocycles. The Hall–Kier alpha value is -2.14. The van der Waals surface area contributed by atoms with Crippen molar-refractivity contribution in [3.8, 4) is 0 Å². The van der Waals surface area contributed by atoms with Crippen LogP contribution in [0.2, 0.25) is 0 Å². The summed E-state index contributed by atoms with van der Waals surface area (Å²) in [4.78, 5) is 24.3. The molecule has 4 nitrogen and oxygen atoms in total. The zero-order valence-electron chi connectivity index (χ0n) is 13.0. The van der Waals surface area contributed by atoms with Gasteiger partial charge in [0.15, 0.2) is 0 Å². The van der Waals surface area contributed by atoms with Crippen molar-refractivity contribution in [2.75, 3.05) is 0 Å². The Bertz CT molecular complexity index is 671. The molecule has 0 fully saturated rings. The highest BCUT2D eigenvalue weighted by Crippen LogP contribution is 2.16. The van der Waals surface area contributed by atoms with Gasteiger partial charge in [0.05, 0.1) is 6.04 Å². The Morgan fingerprint density at radius 1 is 0.913 bits per heavy atom. The Kier molecular flexibility index (Phi) is 5.93. The SMILES string of the molecule is CC(NC(=O)c1ccccc1)C(=O)NC(C)c1ccc(Br)cc1. The lowest BCUT2D eigenvalue weighted by atomic mass is 10.1. The zero-order valence-corrected chi connectivity index (χ0v) is 14.6. The van der Waals surface area contributed by atoms with E-state index in [9.17, 15) is 9.59 Å². The summed E-state index contributed by atoms with van der Waals surface area (Å²) in [5.41, 5.74) is 1.54. The highest BCUT2D eigenvalue weighted by molar-refractivity contribution is 9.10. The third kappa shape index (κ3) is 4.93. The van der Waals surface area contributed by atoms with Crippen LogP contribution in [0.5, 0.6) is 0 Å². The number of benzene rings is 2. The normalized spacial score (nSPS) is 13.0. The first kappa shape index (κ1) is 17.2. The number of amides is 2. The van der Waals surface area contributed by atoms with Crippen molar-refractivity contribution in [2.45, 2.75) is 25.9 Å². The van der Waals surface area contributed by atoms with Crippen LogP contribution in [0.1, 0.15) is 35.8 Å². The van der Waals surface area contributed by atoms with Gasteiger partial charge in [0.25, 0.3) is 5.91 Å².